The Morgan fingerprint density at radius 3 is 2.04 bits per heavy atom. The first-order valence-electron chi connectivity index (χ1n) is 9.45. The standard InChI is InChI=1S/C21H19N.C2H6.C2H4/c1-2-5-15-8-10-16(11-9-15)17-12-13-21-19(14-17)18-6-3-4-7-20(18)22-21;2*1-2/h3-4,6-14,22H,2,5H2,1H3;1-2H3;1-2H2. The van der Waals surface area contributed by atoms with Crippen LogP contribution in [0.2, 0.25) is 0 Å². The summed E-state index contributed by atoms with van der Waals surface area (Å²) >= 11 is 0. The summed E-state index contributed by atoms with van der Waals surface area (Å²) in [5.41, 5.74) is 6.38. The van der Waals surface area contributed by atoms with E-state index in [2.05, 4.69) is 91.8 Å². The Labute approximate surface area is 157 Å². The number of aromatic amines is 1. The molecule has 0 aliphatic carbocycles. The molecule has 0 unspecified atom stereocenters. The summed E-state index contributed by atoms with van der Waals surface area (Å²) in [5, 5.41) is 2.59. The van der Waals surface area contributed by atoms with Gasteiger partial charge in [0.1, 0.15) is 0 Å². The highest BCUT2D eigenvalue weighted by atomic mass is 14.7. The van der Waals surface area contributed by atoms with E-state index in [1.54, 1.807) is 0 Å². The molecule has 1 nitrogen and oxygen atoms in total. The first kappa shape index (κ1) is 19.5. The van der Waals surface area contributed by atoms with Crippen molar-refractivity contribution >= 4 is 21.8 Å². The lowest BCUT2D eigenvalue weighted by molar-refractivity contribution is 0.922. The number of benzene rings is 3. The first-order chi connectivity index (χ1) is 12.8. The van der Waals surface area contributed by atoms with Crippen molar-refractivity contribution in [1.82, 2.24) is 4.98 Å². The first-order valence-corrected chi connectivity index (χ1v) is 9.45. The molecule has 1 heteroatoms. The molecule has 0 aliphatic rings. The van der Waals surface area contributed by atoms with Crippen LogP contribution in [0.25, 0.3) is 32.9 Å². The van der Waals surface area contributed by atoms with Gasteiger partial charge >= 0.3 is 0 Å². The molecule has 0 bridgehead atoms. The van der Waals surface area contributed by atoms with Crippen LogP contribution in [-0.4, -0.2) is 4.98 Å². The number of hydrogen-bond donors (Lipinski definition) is 1. The molecule has 1 heterocycles. The summed E-state index contributed by atoms with van der Waals surface area (Å²) in [6.45, 7) is 12.2. The van der Waals surface area contributed by atoms with Crippen LogP contribution >= 0.6 is 0 Å². The van der Waals surface area contributed by atoms with Crippen molar-refractivity contribution in [1.29, 1.82) is 0 Å². The maximum absolute atomic E-state index is 3.48. The number of fused-ring (bicyclic) bond motifs is 3. The minimum atomic E-state index is 1.15. The zero-order chi connectivity index (χ0) is 18.9. The van der Waals surface area contributed by atoms with Gasteiger partial charge in [-0.25, -0.2) is 0 Å². The van der Waals surface area contributed by atoms with Crippen molar-refractivity contribution in [2.45, 2.75) is 33.6 Å². The zero-order valence-electron chi connectivity index (χ0n) is 16.2. The molecule has 134 valence electrons. The monoisotopic (exact) mass is 343 g/mol. The van der Waals surface area contributed by atoms with Gasteiger partial charge in [0.15, 0.2) is 0 Å². The smallest absolute Gasteiger partial charge is 0.0465 e. The highest BCUT2D eigenvalue weighted by Gasteiger charge is 2.05. The Bertz CT molecular complexity index is 945. The van der Waals surface area contributed by atoms with Gasteiger partial charge in [0, 0.05) is 21.8 Å². The molecular formula is C25H29N. The van der Waals surface area contributed by atoms with Crippen LogP contribution in [0.3, 0.4) is 0 Å². The Kier molecular flexibility index (Phi) is 7.23. The average Bonchev–Trinajstić information content (AvgIpc) is 3.10. The fraction of sp³-hybridized carbons (Fsp3) is 0.200. The zero-order valence-corrected chi connectivity index (χ0v) is 16.2. The van der Waals surface area contributed by atoms with Gasteiger partial charge in [-0.05, 0) is 41.3 Å². The van der Waals surface area contributed by atoms with Crippen molar-refractivity contribution in [3.63, 3.8) is 0 Å². The maximum atomic E-state index is 3.48. The molecule has 4 aromatic rings. The van der Waals surface area contributed by atoms with Crippen molar-refractivity contribution in [2.24, 2.45) is 0 Å². The molecule has 1 N–H and O–H groups in total. The second-order valence-electron chi connectivity index (χ2n) is 5.88. The SMILES string of the molecule is C=C.CC.CCCc1ccc(-c2ccc3[nH]c4ccccc4c3c2)cc1. The van der Waals surface area contributed by atoms with Gasteiger partial charge < -0.3 is 4.98 Å². The number of H-pyrrole nitrogens is 1. The van der Waals surface area contributed by atoms with E-state index >= 15 is 0 Å². The summed E-state index contributed by atoms with van der Waals surface area (Å²) < 4.78 is 0. The lowest BCUT2D eigenvalue weighted by Gasteiger charge is -2.04. The van der Waals surface area contributed by atoms with E-state index in [-0.39, 0.29) is 0 Å². The third-order valence-corrected chi connectivity index (χ3v) is 4.33. The Balaban J connectivity index is 0.000000570. The van der Waals surface area contributed by atoms with E-state index in [1.807, 2.05) is 13.8 Å². The van der Waals surface area contributed by atoms with E-state index in [4.69, 9.17) is 0 Å². The van der Waals surface area contributed by atoms with Gasteiger partial charge in [-0.2, -0.15) is 0 Å². The van der Waals surface area contributed by atoms with Gasteiger partial charge in [0.2, 0.25) is 0 Å². The average molecular weight is 344 g/mol. The van der Waals surface area contributed by atoms with Crippen molar-refractivity contribution < 1.29 is 0 Å². The molecule has 0 saturated heterocycles. The predicted molar refractivity (Wildman–Crippen MR) is 118 cm³/mol. The number of para-hydroxylation sites is 1. The van der Waals surface area contributed by atoms with Crippen LogP contribution in [0.15, 0.2) is 79.9 Å². The minimum absolute atomic E-state index is 1.15. The normalized spacial score (nSPS) is 9.96. The molecule has 0 fully saturated rings. The summed E-state index contributed by atoms with van der Waals surface area (Å²) in [5.74, 6) is 0. The fourth-order valence-electron chi connectivity index (χ4n) is 3.18. The van der Waals surface area contributed by atoms with Gasteiger partial charge in [-0.1, -0.05) is 75.7 Å². The molecule has 0 aliphatic heterocycles. The summed E-state index contributed by atoms with van der Waals surface area (Å²) in [6, 6.07) is 24.1. The lowest BCUT2D eigenvalue weighted by Crippen LogP contribution is -1.83. The van der Waals surface area contributed by atoms with Gasteiger partial charge in [-0.15, -0.1) is 13.2 Å². The van der Waals surface area contributed by atoms with Crippen LogP contribution in [0.5, 0.6) is 0 Å². The number of nitrogens with one attached hydrogen (secondary N) is 1. The lowest BCUT2D eigenvalue weighted by atomic mass is 10.0. The molecule has 0 atom stereocenters. The van der Waals surface area contributed by atoms with Crippen molar-refractivity contribution in [3.8, 4) is 11.1 Å². The summed E-state index contributed by atoms with van der Waals surface area (Å²) in [4.78, 5) is 3.48. The van der Waals surface area contributed by atoms with Crippen LogP contribution in [0.4, 0.5) is 0 Å². The van der Waals surface area contributed by atoms with Crippen molar-refractivity contribution in [2.75, 3.05) is 0 Å². The third-order valence-electron chi connectivity index (χ3n) is 4.33. The van der Waals surface area contributed by atoms with Crippen LogP contribution in [-0.2, 0) is 6.42 Å². The molecule has 4 rings (SSSR count). The summed E-state index contributed by atoms with van der Waals surface area (Å²) in [7, 11) is 0. The quantitative estimate of drug-likeness (QED) is 0.366. The Morgan fingerprint density at radius 1 is 0.731 bits per heavy atom. The fourth-order valence-corrected chi connectivity index (χ4v) is 3.18. The minimum Gasteiger partial charge on any atom is -0.355 e. The van der Waals surface area contributed by atoms with E-state index in [1.165, 1.54) is 44.9 Å². The molecule has 26 heavy (non-hydrogen) atoms. The van der Waals surface area contributed by atoms with Crippen LogP contribution in [0, 0.1) is 0 Å². The second kappa shape index (κ2) is 9.62. The molecule has 0 radical (unpaired) electrons. The molecule has 1 aromatic heterocycles. The Morgan fingerprint density at radius 2 is 1.35 bits per heavy atom. The maximum Gasteiger partial charge on any atom is 0.0465 e. The van der Waals surface area contributed by atoms with Crippen LogP contribution < -0.4 is 0 Å². The number of rotatable bonds is 3. The number of hydrogen-bond acceptors (Lipinski definition) is 0. The van der Waals surface area contributed by atoms with Crippen molar-refractivity contribution in [3.05, 3.63) is 85.5 Å². The third kappa shape index (κ3) is 4.05. The largest absolute Gasteiger partial charge is 0.355 e. The van der Waals surface area contributed by atoms with E-state index in [0.29, 0.717) is 0 Å². The molecule has 0 saturated carbocycles. The molecular weight excluding hydrogens is 314 g/mol. The van der Waals surface area contributed by atoms with Gasteiger partial charge in [-0.3, -0.25) is 0 Å². The van der Waals surface area contributed by atoms with Crippen LogP contribution in [0.1, 0.15) is 32.8 Å². The molecule has 0 spiro atoms. The van der Waals surface area contributed by atoms with E-state index in [0.717, 1.165) is 6.42 Å². The van der Waals surface area contributed by atoms with Gasteiger partial charge in [0.05, 0.1) is 0 Å². The highest BCUT2D eigenvalue weighted by Crippen LogP contribution is 2.30. The summed E-state index contributed by atoms with van der Waals surface area (Å²) in [6.07, 6.45) is 2.35. The van der Waals surface area contributed by atoms with E-state index < -0.39 is 0 Å². The second-order valence-corrected chi connectivity index (χ2v) is 5.88. The number of aryl methyl sites for hydroxylation is 1. The highest BCUT2D eigenvalue weighted by molar-refractivity contribution is 6.08. The van der Waals surface area contributed by atoms with Gasteiger partial charge in [0.25, 0.3) is 0 Å². The van der Waals surface area contributed by atoms with E-state index in [9.17, 15) is 0 Å². The topological polar surface area (TPSA) is 15.8 Å². The molecule has 3 aromatic carbocycles. The molecule has 0 amide bonds. The Hall–Kier alpha value is -2.80. The number of aromatic nitrogens is 1. The predicted octanol–water partition coefficient (Wildman–Crippen LogP) is 7.77.